The van der Waals surface area contributed by atoms with Crippen LogP contribution >= 0.6 is 34.2 Å². The SMILES string of the molecule is Cc1cnc(NC(=O)c2cc(OCCc3ccsc3)cc(OC(C)C)c2)s1.Cc1nsc(NC(=O)c2cc(Oc3ccc(S(C)(=O)=O)cc3)cc(O[C@@H](C)CO)c2)n1. The van der Waals surface area contributed by atoms with Gasteiger partial charge in [0.05, 0.1) is 24.2 Å². The van der Waals surface area contributed by atoms with E-state index < -0.39 is 21.8 Å². The Hall–Kier alpha value is -5.40. The molecule has 3 aromatic carbocycles. The summed E-state index contributed by atoms with van der Waals surface area (Å²) in [4.78, 5) is 34.8. The highest BCUT2D eigenvalue weighted by molar-refractivity contribution is 7.90. The summed E-state index contributed by atoms with van der Waals surface area (Å²) in [6.45, 7) is 9.57. The van der Waals surface area contributed by atoms with Crippen LogP contribution in [0.5, 0.6) is 28.7 Å². The van der Waals surface area contributed by atoms with Gasteiger partial charge >= 0.3 is 0 Å². The Morgan fingerprint density at radius 1 is 0.828 bits per heavy atom. The minimum atomic E-state index is -3.32. The fraction of sp³-hybridized carbons (Fsp3) is 0.275. The van der Waals surface area contributed by atoms with E-state index in [9.17, 15) is 23.1 Å². The van der Waals surface area contributed by atoms with Crippen molar-refractivity contribution in [2.75, 3.05) is 30.1 Å². The van der Waals surface area contributed by atoms with Crippen LogP contribution < -0.4 is 29.6 Å². The quantitative estimate of drug-likeness (QED) is 0.0847. The second-order valence-electron chi connectivity index (χ2n) is 13.1. The van der Waals surface area contributed by atoms with Gasteiger partial charge in [0, 0.05) is 58.5 Å². The second-order valence-corrected chi connectivity index (χ2v) is 17.9. The van der Waals surface area contributed by atoms with Gasteiger partial charge < -0.3 is 24.1 Å². The molecule has 6 rings (SSSR count). The summed E-state index contributed by atoms with van der Waals surface area (Å²) in [6, 6.07) is 17.9. The number of rotatable bonds is 16. The summed E-state index contributed by atoms with van der Waals surface area (Å²) in [5.41, 5.74) is 1.97. The number of aliphatic hydroxyl groups is 1. The molecule has 58 heavy (non-hydrogen) atoms. The monoisotopic (exact) mass is 865 g/mol. The van der Waals surface area contributed by atoms with Crippen LogP contribution in [0.4, 0.5) is 10.3 Å². The molecular formula is C40H43N5O9S4. The smallest absolute Gasteiger partial charge is 0.257 e. The van der Waals surface area contributed by atoms with E-state index in [1.807, 2.05) is 26.8 Å². The van der Waals surface area contributed by atoms with Gasteiger partial charge in [-0.2, -0.15) is 15.7 Å². The lowest BCUT2D eigenvalue weighted by Gasteiger charge is -2.15. The van der Waals surface area contributed by atoms with Gasteiger partial charge in [-0.1, -0.05) is 0 Å². The van der Waals surface area contributed by atoms with Crippen LogP contribution in [0, 0.1) is 13.8 Å². The number of amides is 2. The van der Waals surface area contributed by atoms with E-state index in [1.54, 1.807) is 49.6 Å². The lowest BCUT2D eigenvalue weighted by Crippen LogP contribution is -2.17. The van der Waals surface area contributed by atoms with E-state index in [0.29, 0.717) is 57.0 Å². The number of hydrogen-bond acceptors (Lipinski definition) is 15. The molecule has 1 atom stereocenters. The van der Waals surface area contributed by atoms with Crippen molar-refractivity contribution in [3.63, 3.8) is 0 Å². The number of carbonyl (C=O) groups excluding carboxylic acids is 2. The predicted molar refractivity (Wildman–Crippen MR) is 226 cm³/mol. The van der Waals surface area contributed by atoms with Crippen LogP contribution in [0.1, 0.15) is 57.8 Å². The maximum atomic E-state index is 12.7. The van der Waals surface area contributed by atoms with Crippen molar-refractivity contribution in [3.05, 3.63) is 111 Å². The number of thiazole rings is 1. The summed E-state index contributed by atoms with van der Waals surface area (Å²) in [5, 5.41) is 19.9. The van der Waals surface area contributed by atoms with Crippen molar-refractivity contribution in [1.29, 1.82) is 0 Å². The molecule has 18 heteroatoms. The van der Waals surface area contributed by atoms with Crippen molar-refractivity contribution in [1.82, 2.24) is 14.3 Å². The third-order valence-electron chi connectivity index (χ3n) is 7.57. The number of aromatic nitrogens is 3. The van der Waals surface area contributed by atoms with E-state index in [-0.39, 0.29) is 29.1 Å². The van der Waals surface area contributed by atoms with Gasteiger partial charge in [-0.25, -0.2) is 18.4 Å². The normalized spacial score (nSPS) is 11.6. The van der Waals surface area contributed by atoms with Gasteiger partial charge in [-0.3, -0.25) is 20.2 Å². The molecule has 0 radical (unpaired) electrons. The molecule has 14 nitrogen and oxygen atoms in total. The first-order valence-corrected chi connectivity index (χ1v) is 22.3. The zero-order valence-electron chi connectivity index (χ0n) is 32.5. The van der Waals surface area contributed by atoms with Crippen molar-refractivity contribution in [2.45, 2.75) is 58.1 Å². The van der Waals surface area contributed by atoms with Crippen LogP contribution in [0.2, 0.25) is 0 Å². The van der Waals surface area contributed by atoms with Crippen molar-refractivity contribution >= 4 is 66.1 Å². The van der Waals surface area contributed by atoms with E-state index in [1.165, 1.54) is 53.3 Å². The number of anilines is 2. The molecule has 0 saturated heterocycles. The Morgan fingerprint density at radius 2 is 1.47 bits per heavy atom. The predicted octanol–water partition coefficient (Wildman–Crippen LogP) is 8.23. The van der Waals surface area contributed by atoms with Gasteiger partial charge in [0.2, 0.25) is 5.13 Å². The van der Waals surface area contributed by atoms with Crippen molar-refractivity contribution in [2.24, 2.45) is 0 Å². The number of aryl methyl sites for hydroxylation is 2. The molecule has 0 fully saturated rings. The topological polar surface area (TPSA) is 188 Å². The van der Waals surface area contributed by atoms with Gasteiger partial charge in [0.15, 0.2) is 15.0 Å². The number of nitrogens with zero attached hydrogens (tertiary/aromatic N) is 3. The number of sulfone groups is 1. The second kappa shape index (κ2) is 20.3. The average Bonchev–Trinajstić information content (AvgIpc) is 3.94. The maximum absolute atomic E-state index is 12.7. The average molecular weight is 866 g/mol. The molecule has 3 aromatic heterocycles. The van der Waals surface area contributed by atoms with Crippen LogP contribution in [-0.4, -0.2) is 71.4 Å². The molecule has 0 unspecified atom stereocenters. The molecular weight excluding hydrogens is 823 g/mol. The molecule has 0 spiro atoms. The standard InChI is InChI=1S/C20H21N3O6S2.C20H22N2O3S2/c1-12(11-24)28-16-8-14(19(25)22-20-21-13(2)23-30-20)9-17(10-16)29-15-4-6-18(7-5-15)31(3,26)27;1-13(2)25-18-9-16(19(23)22-20-21-11-14(3)27-20)8-17(10-18)24-6-4-15-5-7-26-12-15/h4-10,12,24H,11H2,1-3H3,(H,21,22,23,25);5,7-13H,4,6H2,1-3H3,(H,21,22,23)/t12-;/m0./s1. The number of carbonyl (C=O) groups is 2. The zero-order chi connectivity index (χ0) is 41.8. The van der Waals surface area contributed by atoms with E-state index in [2.05, 4.69) is 41.8 Å². The third kappa shape index (κ3) is 13.6. The van der Waals surface area contributed by atoms with Crippen molar-refractivity contribution < 1.29 is 42.1 Å². The summed E-state index contributed by atoms with van der Waals surface area (Å²) in [6.07, 6.45) is 3.18. The van der Waals surface area contributed by atoms with Crippen molar-refractivity contribution in [3.8, 4) is 28.7 Å². The number of nitrogens with one attached hydrogen (secondary N) is 2. The molecule has 3 N–H and O–H groups in total. The third-order valence-corrected chi connectivity index (χ3v) is 11.0. The first kappa shape index (κ1) is 43.7. The molecule has 0 saturated carbocycles. The fourth-order valence-corrected chi connectivity index (χ4v) is 7.50. The van der Waals surface area contributed by atoms with E-state index in [4.69, 9.17) is 18.9 Å². The number of benzene rings is 3. The van der Waals surface area contributed by atoms with Gasteiger partial charge in [0.1, 0.15) is 40.7 Å². The van der Waals surface area contributed by atoms with Crippen LogP contribution in [-0.2, 0) is 16.3 Å². The van der Waals surface area contributed by atoms with Gasteiger partial charge in [0.25, 0.3) is 11.8 Å². The molecule has 0 aliphatic rings. The number of thiophene rings is 1. The Labute approximate surface area is 348 Å². The Bertz CT molecular complexity index is 2400. The lowest BCUT2D eigenvalue weighted by atomic mass is 10.2. The van der Waals surface area contributed by atoms with Gasteiger partial charge in [-0.05, 0) is 106 Å². The van der Waals surface area contributed by atoms with Crippen LogP contribution in [0.15, 0.2) is 88.6 Å². The Morgan fingerprint density at radius 3 is 2.03 bits per heavy atom. The zero-order valence-corrected chi connectivity index (χ0v) is 35.8. The molecule has 0 aliphatic heterocycles. The highest BCUT2D eigenvalue weighted by atomic mass is 32.2. The Balaban J connectivity index is 0.000000223. The van der Waals surface area contributed by atoms with E-state index in [0.717, 1.165) is 29.1 Å². The van der Waals surface area contributed by atoms with Crippen LogP contribution in [0.3, 0.4) is 0 Å². The van der Waals surface area contributed by atoms with E-state index >= 15 is 0 Å². The largest absolute Gasteiger partial charge is 0.493 e. The highest BCUT2D eigenvalue weighted by Gasteiger charge is 2.16. The molecule has 306 valence electrons. The molecule has 0 aliphatic carbocycles. The molecule has 0 bridgehead atoms. The summed E-state index contributed by atoms with van der Waals surface area (Å²) in [7, 11) is -3.32. The lowest BCUT2D eigenvalue weighted by molar-refractivity contribution is 0.101. The van der Waals surface area contributed by atoms with Gasteiger partial charge in [-0.15, -0.1) is 11.3 Å². The number of ether oxygens (including phenoxy) is 4. The first-order chi connectivity index (χ1) is 27.6. The highest BCUT2D eigenvalue weighted by Crippen LogP contribution is 2.30. The summed E-state index contributed by atoms with van der Waals surface area (Å²) < 4.78 is 50.4. The number of aliphatic hydroxyl groups excluding tert-OH is 1. The molecule has 2 amide bonds. The Kier molecular flexibility index (Phi) is 15.3. The minimum absolute atomic E-state index is 0.00331. The summed E-state index contributed by atoms with van der Waals surface area (Å²) in [5.74, 6) is 2.11. The first-order valence-electron chi connectivity index (χ1n) is 17.8. The summed E-state index contributed by atoms with van der Waals surface area (Å²) >= 11 is 4.17. The van der Waals surface area contributed by atoms with Crippen LogP contribution in [0.25, 0.3) is 0 Å². The number of hydrogen-bond donors (Lipinski definition) is 3. The molecule has 6 aromatic rings. The minimum Gasteiger partial charge on any atom is -0.493 e. The maximum Gasteiger partial charge on any atom is 0.257 e. The fourth-order valence-electron chi connectivity index (χ4n) is 4.94. The molecule has 3 heterocycles.